The number of nitrogens with one attached hydrogen (secondary N) is 2. The van der Waals surface area contributed by atoms with Gasteiger partial charge < -0.3 is 10.3 Å². The first-order valence-electron chi connectivity index (χ1n) is 8.75. The zero-order valence-electron chi connectivity index (χ0n) is 15.0. The van der Waals surface area contributed by atoms with Gasteiger partial charge in [0.05, 0.1) is 23.7 Å². The zero-order valence-corrected chi connectivity index (χ0v) is 15.8. The molecule has 0 radical (unpaired) electrons. The third kappa shape index (κ3) is 4.55. The summed E-state index contributed by atoms with van der Waals surface area (Å²) >= 11 is 1.56. The highest BCUT2D eigenvalue weighted by atomic mass is 32.2. The minimum atomic E-state index is -0.113. The van der Waals surface area contributed by atoms with Crippen LogP contribution in [-0.2, 0) is 4.79 Å². The van der Waals surface area contributed by atoms with Crippen LogP contribution in [0.1, 0.15) is 30.8 Å². The van der Waals surface area contributed by atoms with Crippen LogP contribution in [-0.4, -0.2) is 21.6 Å². The molecule has 0 saturated heterocycles. The Labute approximate surface area is 158 Å². The molecule has 0 spiro atoms. The normalized spacial score (nSPS) is 11.9. The van der Waals surface area contributed by atoms with Crippen molar-refractivity contribution < 1.29 is 4.79 Å². The van der Waals surface area contributed by atoms with E-state index < -0.39 is 0 Å². The first kappa shape index (κ1) is 18.3. The van der Waals surface area contributed by atoms with E-state index in [1.54, 1.807) is 11.8 Å². The van der Waals surface area contributed by atoms with Gasteiger partial charge in [0.2, 0.25) is 5.91 Å². The molecule has 2 aromatic carbocycles. The molecule has 5 heteroatoms. The third-order valence-corrected chi connectivity index (χ3v) is 5.38. The summed E-state index contributed by atoms with van der Waals surface area (Å²) in [4.78, 5) is 21.3. The summed E-state index contributed by atoms with van der Waals surface area (Å²) in [5, 5.41) is 3.08. The van der Waals surface area contributed by atoms with E-state index in [1.165, 1.54) is 5.56 Å². The van der Waals surface area contributed by atoms with Crippen LogP contribution in [0.4, 0.5) is 0 Å². The van der Waals surface area contributed by atoms with Crippen molar-refractivity contribution in [2.24, 2.45) is 0 Å². The number of thioether (sulfide) groups is 1. The van der Waals surface area contributed by atoms with Crippen LogP contribution in [0.5, 0.6) is 0 Å². The molecule has 0 saturated carbocycles. The smallest absolute Gasteiger partial charge is 0.230 e. The average molecular weight is 366 g/mol. The van der Waals surface area contributed by atoms with Crippen molar-refractivity contribution >= 4 is 17.7 Å². The van der Waals surface area contributed by atoms with E-state index in [-0.39, 0.29) is 11.9 Å². The number of nitrogens with zero attached hydrogens (tertiary/aromatic N) is 1. The highest BCUT2D eigenvalue weighted by Crippen LogP contribution is 2.23. The number of H-pyrrole nitrogens is 1. The number of benzene rings is 2. The third-order valence-electron chi connectivity index (χ3n) is 4.21. The molecule has 0 aliphatic rings. The van der Waals surface area contributed by atoms with Gasteiger partial charge in [-0.3, -0.25) is 4.79 Å². The van der Waals surface area contributed by atoms with E-state index in [4.69, 9.17) is 0 Å². The fourth-order valence-corrected chi connectivity index (χ4v) is 3.58. The highest BCUT2D eigenvalue weighted by Gasteiger charge is 2.16. The summed E-state index contributed by atoms with van der Waals surface area (Å²) < 4.78 is 0. The van der Waals surface area contributed by atoms with E-state index in [2.05, 4.69) is 28.3 Å². The highest BCUT2D eigenvalue weighted by molar-refractivity contribution is 8.00. The lowest BCUT2D eigenvalue weighted by Gasteiger charge is -2.15. The lowest BCUT2D eigenvalue weighted by Crippen LogP contribution is -2.30. The lowest BCUT2D eigenvalue weighted by molar-refractivity contribution is -0.119. The van der Waals surface area contributed by atoms with Crippen molar-refractivity contribution in [2.45, 2.75) is 31.2 Å². The minimum absolute atomic E-state index is 0.0164. The first-order valence-corrected chi connectivity index (χ1v) is 9.74. The van der Waals surface area contributed by atoms with Gasteiger partial charge in [0, 0.05) is 4.90 Å². The van der Waals surface area contributed by atoms with Crippen LogP contribution < -0.4 is 5.32 Å². The predicted octanol–water partition coefficient (Wildman–Crippen LogP) is 4.74. The Kier molecular flexibility index (Phi) is 6.12. The quantitative estimate of drug-likeness (QED) is 0.594. The Balaban J connectivity index is 1.61. The van der Waals surface area contributed by atoms with Crippen molar-refractivity contribution in [3.63, 3.8) is 0 Å². The van der Waals surface area contributed by atoms with Crippen LogP contribution in [0.15, 0.2) is 65.7 Å². The van der Waals surface area contributed by atoms with Gasteiger partial charge in [0.1, 0.15) is 5.82 Å². The topological polar surface area (TPSA) is 57.8 Å². The average Bonchev–Trinajstić information content (AvgIpc) is 3.16. The molecule has 0 fully saturated rings. The SMILES string of the molecule is CCC(NC(=O)CSc1ccccc1C)c1ncc(-c2ccccc2)[nH]1. The molecule has 0 aliphatic carbocycles. The van der Waals surface area contributed by atoms with Gasteiger partial charge in [-0.05, 0) is 30.5 Å². The van der Waals surface area contributed by atoms with E-state index in [1.807, 2.05) is 61.7 Å². The molecule has 0 aliphatic heterocycles. The van der Waals surface area contributed by atoms with Crippen molar-refractivity contribution in [3.05, 3.63) is 72.2 Å². The second kappa shape index (κ2) is 8.72. The molecule has 1 atom stereocenters. The monoisotopic (exact) mass is 365 g/mol. The van der Waals surface area contributed by atoms with Crippen LogP contribution in [0.25, 0.3) is 11.3 Å². The molecule has 2 N–H and O–H groups in total. The number of carbonyl (C=O) groups excluding carboxylic acids is 1. The Bertz CT molecular complexity index is 860. The first-order chi connectivity index (χ1) is 12.7. The van der Waals surface area contributed by atoms with Gasteiger partial charge in [-0.2, -0.15) is 0 Å². The van der Waals surface area contributed by atoms with E-state index in [0.29, 0.717) is 5.75 Å². The number of aromatic amines is 1. The van der Waals surface area contributed by atoms with Gasteiger partial charge in [0.25, 0.3) is 0 Å². The Morgan fingerprint density at radius 3 is 2.62 bits per heavy atom. The van der Waals surface area contributed by atoms with Gasteiger partial charge >= 0.3 is 0 Å². The fraction of sp³-hybridized carbons (Fsp3) is 0.238. The summed E-state index contributed by atoms with van der Waals surface area (Å²) in [6, 6.07) is 18.1. The largest absolute Gasteiger partial charge is 0.345 e. The molecule has 4 nitrogen and oxygen atoms in total. The summed E-state index contributed by atoms with van der Waals surface area (Å²) in [6.45, 7) is 4.10. The lowest BCUT2D eigenvalue weighted by atomic mass is 10.2. The number of hydrogen-bond acceptors (Lipinski definition) is 3. The number of amides is 1. The molecule has 26 heavy (non-hydrogen) atoms. The molecular formula is C21H23N3OS. The van der Waals surface area contributed by atoms with E-state index in [0.717, 1.165) is 28.4 Å². The molecule has 3 aromatic rings. The molecule has 0 bridgehead atoms. The van der Waals surface area contributed by atoms with Gasteiger partial charge in [-0.15, -0.1) is 11.8 Å². The van der Waals surface area contributed by atoms with Gasteiger partial charge in [-0.1, -0.05) is 55.5 Å². The van der Waals surface area contributed by atoms with Crippen molar-refractivity contribution in [1.82, 2.24) is 15.3 Å². The van der Waals surface area contributed by atoms with E-state index in [9.17, 15) is 4.79 Å². The number of aromatic nitrogens is 2. The standard InChI is InChI=1S/C21H23N3OS/c1-3-17(21-22-13-18(24-21)16-10-5-4-6-11-16)23-20(25)14-26-19-12-8-7-9-15(19)2/h4-13,17H,3,14H2,1-2H3,(H,22,24)(H,23,25). The number of aryl methyl sites for hydroxylation is 1. The van der Waals surface area contributed by atoms with E-state index >= 15 is 0 Å². The molecule has 1 unspecified atom stereocenters. The summed E-state index contributed by atoms with van der Waals surface area (Å²) in [5.74, 6) is 1.21. The second-order valence-corrected chi connectivity index (χ2v) is 7.15. The number of hydrogen-bond donors (Lipinski definition) is 2. The maximum atomic E-state index is 12.4. The molecule has 134 valence electrons. The Morgan fingerprint density at radius 1 is 1.15 bits per heavy atom. The van der Waals surface area contributed by atoms with Crippen LogP contribution in [0, 0.1) is 6.92 Å². The number of rotatable bonds is 7. The minimum Gasteiger partial charge on any atom is -0.345 e. The molecule has 1 amide bonds. The van der Waals surface area contributed by atoms with Crippen LogP contribution in [0.2, 0.25) is 0 Å². The molecule has 1 aromatic heterocycles. The molecule has 1 heterocycles. The maximum absolute atomic E-state index is 12.4. The van der Waals surface area contributed by atoms with Crippen molar-refractivity contribution in [1.29, 1.82) is 0 Å². The molecular weight excluding hydrogens is 342 g/mol. The van der Waals surface area contributed by atoms with Crippen LogP contribution >= 0.6 is 11.8 Å². The number of carbonyl (C=O) groups is 1. The molecule has 3 rings (SSSR count). The summed E-state index contributed by atoms with van der Waals surface area (Å²) in [6.07, 6.45) is 2.60. The zero-order chi connectivity index (χ0) is 18.4. The number of imidazole rings is 1. The van der Waals surface area contributed by atoms with Gasteiger partial charge in [-0.25, -0.2) is 4.98 Å². The Hall–Kier alpha value is -2.53. The fourth-order valence-electron chi connectivity index (χ4n) is 2.74. The Morgan fingerprint density at radius 2 is 1.88 bits per heavy atom. The van der Waals surface area contributed by atoms with Gasteiger partial charge in [0.15, 0.2) is 0 Å². The van der Waals surface area contributed by atoms with Crippen molar-refractivity contribution in [3.8, 4) is 11.3 Å². The summed E-state index contributed by atoms with van der Waals surface area (Å²) in [5.41, 5.74) is 3.24. The van der Waals surface area contributed by atoms with Crippen molar-refractivity contribution in [2.75, 3.05) is 5.75 Å². The van der Waals surface area contributed by atoms with Crippen LogP contribution in [0.3, 0.4) is 0 Å². The second-order valence-electron chi connectivity index (χ2n) is 6.13. The maximum Gasteiger partial charge on any atom is 0.230 e. The summed E-state index contributed by atoms with van der Waals surface area (Å²) in [7, 11) is 0. The predicted molar refractivity (Wildman–Crippen MR) is 107 cm³/mol.